The molecule has 0 spiro atoms. The lowest BCUT2D eigenvalue weighted by Gasteiger charge is -2.29. The molecule has 1 aliphatic heterocycles. The Morgan fingerprint density at radius 2 is 1.80 bits per heavy atom. The largest absolute Gasteiger partial charge is 0.494 e. The summed E-state index contributed by atoms with van der Waals surface area (Å²) in [6, 6.07) is 22.4. The molecule has 3 heterocycles. The molecule has 206 valence electrons. The van der Waals surface area contributed by atoms with Crippen LogP contribution in [-0.4, -0.2) is 27.7 Å². The molecule has 8 heteroatoms. The van der Waals surface area contributed by atoms with Gasteiger partial charge in [-0.25, -0.2) is 0 Å². The molecule has 4 aromatic rings. The smallest absolute Gasteiger partial charge is 0.224 e. The van der Waals surface area contributed by atoms with E-state index in [0.717, 1.165) is 40.4 Å². The predicted molar refractivity (Wildman–Crippen MR) is 164 cm³/mol. The minimum atomic E-state index is -0.171. The van der Waals surface area contributed by atoms with Crippen molar-refractivity contribution < 1.29 is 9.53 Å². The highest BCUT2D eigenvalue weighted by molar-refractivity contribution is 7.80. The Morgan fingerprint density at radius 1 is 1.05 bits per heavy atom. The molecule has 2 aromatic carbocycles. The van der Waals surface area contributed by atoms with Gasteiger partial charge in [-0.15, -0.1) is 0 Å². The van der Waals surface area contributed by atoms with Gasteiger partial charge in [0.15, 0.2) is 5.11 Å². The maximum atomic E-state index is 12.1. The summed E-state index contributed by atoms with van der Waals surface area (Å²) in [5, 5.41) is 7.07. The van der Waals surface area contributed by atoms with Crippen molar-refractivity contribution in [3.05, 3.63) is 101 Å². The molecule has 0 saturated carbocycles. The number of ether oxygens (including phenoxy) is 1. The van der Waals surface area contributed by atoms with Gasteiger partial charge >= 0.3 is 0 Å². The van der Waals surface area contributed by atoms with Gasteiger partial charge in [-0.1, -0.05) is 32.0 Å². The van der Waals surface area contributed by atoms with Crippen LogP contribution in [0.25, 0.3) is 5.69 Å². The molecule has 2 N–H and O–H groups in total. The number of anilines is 2. The molecule has 1 amide bonds. The molecule has 40 heavy (non-hydrogen) atoms. The standard InChI is InChI=1S/C32H35N5O2S/c1-6-22-11-13-23(14-12-22)36-20(3)18-25(21(36)4)31-30(27-10-8-9-17-33-27)35-32(40)37(31)24-15-16-26(28(19-24)39-5)34-29(38)7-2/h8-19,30-31H,6-7H2,1-5H3,(H,34,38)(H,35,40)/t30-,31+/m0/s1. The van der Waals surface area contributed by atoms with E-state index >= 15 is 0 Å². The van der Waals surface area contributed by atoms with Crippen LogP contribution in [0.4, 0.5) is 11.4 Å². The van der Waals surface area contributed by atoms with E-state index in [9.17, 15) is 4.79 Å². The molecule has 5 rings (SSSR count). The fraction of sp³-hybridized carbons (Fsp3) is 0.281. The fourth-order valence-electron chi connectivity index (χ4n) is 5.49. The molecule has 0 radical (unpaired) electrons. The molecule has 0 bridgehead atoms. The molecule has 0 aliphatic carbocycles. The SMILES string of the molecule is CCC(=O)Nc1ccc(N2C(=S)N[C@@H](c3ccccn3)[C@H]2c2cc(C)n(-c3ccc(CC)cc3)c2C)cc1OC. The van der Waals surface area contributed by atoms with Crippen LogP contribution in [0.1, 0.15) is 60.6 Å². The number of aryl methyl sites for hydroxylation is 2. The predicted octanol–water partition coefficient (Wildman–Crippen LogP) is 6.59. The number of nitrogens with one attached hydrogen (secondary N) is 2. The second kappa shape index (κ2) is 11.5. The van der Waals surface area contributed by atoms with Crippen molar-refractivity contribution in [1.82, 2.24) is 14.9 Å². The first-order chi connectivity index (χ1) is 19.4. The highest BCUT2D eigenvalue weighted by Crippen LogP contribution is 2.45. The Bertz CT molecular complexity index is 1530. The lowest BCUT2D eigenvalue weighted by atomic mass is 9.96. The highest BCUT2D eigenvalue weighted by Gasteiger charge is 2.42. The minimum Gasteiger partial charge on any atom is -0.494 e. The van der Waals surface area contributed by atoms with E-state index in [2.05, 4.69) is 71.2 Å². The van der Waals surface area contributed by atoms with E-state index < -0.39 is 0 Å². The lowest BCUT2D eigenvalue weighted by Crippen LogP contribution is -2.29. The van der Waals surface area contributed by atoms with Crippen molar-refractivity contribution in [3.63, 3.8) is 0 Å². The van der Waals surface area contributed by atoms with Crippen LogP contribution in [0.3, 0.4) is 0 Å². The van der Waals surface area contributed by atoms with Crippen LogP contribution in [0.15, 0.2) is 72.9 Å². The average molecular weight is 554 g/mol. The van der Waals surface area contributed by atoms with Crippen molar-refractivity contribution in [2.24, 2.45) is 0 Å². The van der Waals surface area contributed by atoms with Crippen molar-refractivity contribution in [3.8, 4) is 11.4 Å². The van der Waals surface area contributed by atoms with Gasteiger partial charge in [0.1, 0.15) is 5.75 Å². The Hall–Kier alpha value is -4.17. The fourth-order valence-corrected chi connectivity index (χ4v) is 5.83. The Kier molecular flexibility index (Phi) is 7.89. The number of rotatable bonds is 8. The Labute approximate surface area is 241 Å². The minimum absolute atomic E-state index is 0.0723. The molecule has 7 nitrogen and oxygen atoms in total. The summed E-state index contributed by atoms with van der Waals surface area (Å²) in [6.07, 6.45) is 3.20. The van der Waals surface area contributed by atoms with Gasteiger partial charge in [-0.2, -0.15) is 0 Å². The van der Waals surface area contributed by atoms with Gasteiger partial charge in [-0.3, -0.25) is 9.78 Å². The van der Waals surface area contributed by atoms with Crippen molar-refractivity contribution in [2.75, 3.05) is 17.3 Å². The van der Waals surface area contributed by atoms with E-state index in [1.165, 1.54) is 5.56 Å². The number of carbonyl (C=O) groups is 1. The van der Waals surface area contributed by atoms with Crippen LogP contribution < -0.4 is 20.3 Å². The zero-order valence-corrected chi connectivity index (χ0v) is 24.4. The average Bonchev–Trinajstić information content (AvgIpc) is 3.48. The summed E-state index contributed by atoms with van der Waals surface area (Å²) in [5.74, 6) is 0.500. The van der Waals surface area contributed by atoms with Gasteiger partial charge in [-0.05, 0) is 86.1 Å². The Morgan fingerprint density at radius 3 is 2.45 bits per heavy atom. The third-order valence-electron chi connectivity index (χ3n) is 7.55. The summed E-state index contributed by atoms with van der Waals surface area (Å²) in [6.45, 7) is 8.29. The highest BCUT2D eigenvalue weighted by atomic mass is 32.1. The number of hydrogen-bond donors (Lipinski definition) is 2. The number of pyridine rings is 1. The number of amides is 1. The number of nitrogens with zero attached hydrogens (tertiary/aromatic N) is 3. The van der Waals surface area contributed by atoms with E-state index in [-0.39, 0.29) is 18.0 Å². The molecule has 1 aliphatic rings. The third-order valence-corrected chi connectivity index (χ3v) is 7.86. The van der Waals surface area contributed by atoms with Gasteiger partial charge in [0.05, 0.1) is 30.6 Å². The third kappa shape index (κ3) is 5.07. The lowest BCUT2D eigenvalue weighted by molar-refractivity contribution is -0.115. The summed E-state index contributed by atoms with van der Waals surface area (Å²) in [4.78, 5) is 18.9. The summed E-state index contributed by atoms with van der Waals surface area (Å²) in [7, 11) is 1.60. The van der Waals surface area contributed by atoms with Crippen LogP contribution in [-0.2, 0) is 11.2 Å². The number of hydrogen-bond acceptors (Lipinski definition) is 4. The van der Waals surface area contributed by atoms with Crippen LogP contribution in [0.5, 0.6) is 5.75 Å². The normalized spacial score (nSPS) is 16.6. The van der Waals surface area contributed by atoms with Crippen molar-refractivity contribution >= 4 is 34.6 Å². The van der Waals surface area contributed by atoms with Crippen LogP contribution >= 0.6 is 12.2 Å². The topological polar surface area (TPSA) is 71.4 Å². The van der Waals surface area contributed by atoms with E-state index in [1.807, 2.05) is 49.5 Å². The van der Waals surface area contributed by atoms with E-state index in [0.29, 0.717) is 23.0 Å². The second-order valence-electron chi connectivity index (χ2n) is 9.96. The van der Waals surface area contributed by atoms with Gasteiger partial charge in [0.25, 0.3) is 0 Å². The first kappa shape index (κ1) is 27.4. The Balaban J connectivity index is 1.63. The maximum Gasteiger partial charge on any atom is 0.224 e. The van der Waals surface area contributed by atoms with E-state index in [4.69, 9.17) is 21.9 Å². The molecular weight excluding hydrogens is 518 g/mol. The number of methoxy groups -OCH3 is 1. The van der Waals surface area contributed by atoms with Gasteiger partial charge in [0, 0.05) is 41.4 Å². The van der Waals surface area contributed by atoms with Gasteiger partial charge in [0.2, 0.25) is 5.91 Å². The number of aromatic nitrogens is 2. The zero-order valence-electron chi connectivity index (χ0n) is 23.6. The first-order valence-corrected chi connectivity index (χ1v) is 14.0. The quantitative estimate of drug-likeness (QED) is 0.240. The number of carbonyl (C=O) groups excluding carboxylic acids is 1. The van der Waals surface area contributed by atoms with Crippen molar-refractivity contribution in [2.45, 2.75) is 52.6 Å². The molecule has 1 saturated heterocycles. The maximum absolute atomic E-state index is 12.1. The summed E-state index contributed by atoms with van der Waals surface area (Å²) in [5.41, 5.74) is 8.28. The van der Waals surface area contributed by atoms with Crippen LogP contribution in [0.2, 0.25) is 0 Å². The van der Waals surface area contributed by atoms with E-state index in [1.54, 1.807) is 7.11 Å². The molecule has 0 unspecified atom stereocenters. The van der Waals surface area contributed by atoms with Crippen molar-refractivity contribution in [1.29, 1.82) is 0 Å². The zero-order chi connectivity index (χ0) is 28.4. The molecule has 2 atom stereocenters. The summed E-state index contributed by atoms with van der Waals surface area (Å²) < 4.78 is 7.98. The monoisotopic (exact) mass is 553 g/mol. The molecular formula is C32H35N5O2S. The van der Waals surface area contributed by atoms with Gasteiger partial charge < -0.3 is 24.8 Å². The first-order valence-electron chi connectivity index (χ1n) is 13.6. The number of thiocarbonyl (C=S) groups is 1. The summed E-state index contributed by atoms with van der Waals surface area (Å²) >= 11 is 5.95. The second-order valence-corrected chi connectivity index (χ2v) is 10.4. The van der Waals surface area contributed by atoms with Crippen LogP contribution in [0, 0.1) is 13.8 Å². The number of benzene rings is 2. The molecule has 2 aromatic heterocycles. The molecule has 1 fully saturated rings.